The fourth-order valence-corrected chi connectivity index (χ4v) is 7.41. The third-order valence-electron chi connectivity index (χ3n) is 9.58. The van der Waals surface area contributed by atoms with Gasteiger partial charge in [-0.2, -0.15) is 0 Å². The molecular formula is C45H32N2. The van der Waals surface area contributed by atoms with Crippen LogP contribution in [0.2, 0.25) is 0 Å². The number of para-hydroxylation sites is 2. The quantitative estimate of drug-likeness (QED) is 0.178. The van der Waals surface area contributed by atoms with Gasteiger partial charge in [-0.15, -0.1) is 0 Å². The Labute approximate surface area is 274 Å². The Kier molecular flexibility index (Phi) is 6.39. The fourth-order valence-electron chi connectivity index (χ4n) is 7.41. The van der Waals surface area contributed by atoms with E-state index in [1.54, 1.807) is 0 Å². The van der Waals surface area contributed by atoms with E-state index in [2.05, 4.69) is 192 Å². The van der Waals surface area contributed by atoms with Crippen molar-refractivity contribution >= 4 is 60.4 Å². The van der Waals surface area contributed by atoms with Gasteiger partial charge in [0, 0.05) is 45.8 Å². The highest BCUT2D eigenvalue weighted by atomic mass is 15.1. The van der Waals surface area contributed by atoms with Gasteiger partial charge in [0.15, 0.2) is 0 Å². The molecule has 0 radical (unpaired) electrons. The van der Waals surface area contributed by atoms with Gasteiger partial charge in [0.25, 0.3) is 0 Å². The molecule has 2 heteroatoms. The van der Waals surface area contributed by atoms with Gasteiger partial charge in [-0.1, -0.05) is 133 Å². The summed E-state index contributed by atoms with van der Waals surface area (Å²) in [5, 5.41) is 7.84. The van der Waals surface area contributed by atoms with E-state index >= 15 is 0 Å². The van der Waals surface area contributed by atoms with Gasteiger partial charge in [0.2, 0.25) is 0 Å². The van der Waals surface area contributed by atoms with Gasteiger partial charge in [0.05, 0.1) is 5.52 Å². The average Bonchev–Trinajstić information content (AvgIpc) is 3.46. The number of hydrogen-bond acceptors (Lipinski definition) is 1. The molecule has 0 atom stereocenters. The Bertz CT molecular complexity index is 2500. The molecule has 0 bridgehead atoms. The van der Waals surface area contributed by atoms with Crippen LogP contribution < -0.4 is 4.90 Å². The average molecular weight is 601 g/mol. The smallest absolute Gasteiger partial charge is 0.0575 e. The molecule has 8 aromatic carbocycles. The summed E-state index contributed by atoms with van der Waals surface area (Å²) in [6, 6.07) is 63.5. The van der Waals surface area contributed by atoms with Crippen molar-refractivity contribution in [3.05, 3.63) is 176 Å². The second-order valence-corrected chi connectivity index (χ2v) is 12.2. The summed E-state index contributed by atoms with van der Waals surface area (Å²) in [5.41, 5.74) is 10.8. The number of aryl methyl sites for hydroxylation is 1. The van der Waals surface area contributed by atoms with Crippen LogP contribution in [-0.4, -0.2) is 4.57 Å². The first kappa shape index (κ1) is 27.2. The number of nitrogens with zero attached hydrogens (tertiary/aromatic N) is 2. The fraction of sp³-hybridized carbons (Fsp3) is 0.0222. The lowest BCUT2D eigenvalue weighted by Gasteiger charge is -2.25. The van der Waals surface area contributed by atoms with Crippen molar-refractivity contribution in [2.45, 2.75) is 0 Å². The van der Waals surface area contributed by atoms with Gasteiger partial charge in [0.1, 0.15) is 0 Å². The lowest BCUT2D eigenvalue weighted by atomic mass is 9.93. The first-order valence-corrected chi connectivity index (χ1v) is 16.2. The predicted molar refractivity (Wildman–Crippen MR) is 201 cm³/mol. The van der Waals surface area contributed by atoms with Crippen LogP contribution in [0.1, 0.15) is 0 Å². The lowest BCUT2D eigenvalue weighted by molar-refractivity contribution is 1.02. The minimum Gasteiger partial charge on any atom is -0.343 e. The van der Waals surface area contributed by atoms with Crippen LogP contribution in [0.4, 0.5) is 17.1 Å². The molecule has 1 aromatic heterocycles. The van der Waals surface area contributed by atoms with E-state index in [0.717, 1.165) is 17.1 Å². The van der Waals surface area contributed by atoms with Crippen LogP contribution in [-0.2, 0) is 7.05 Å². The minimum absolute atomic E-state index is 1.13. The van der Waals surface area contributed by atoms with Crippen molar-refractivity contribution in [2.24, 2.45) is 7.05 Å². The highest BCUT2D eigenvalue weighted by Crippen LogP contribution is 2.44. The third-order valence-corrected chi connectivity index (χ3v) is 9.58. The molecule has 0 saturated heterocycles. The molecule has 0 amide bonds. The van der Waals surface area contributed by atoms with Crippen molar-refractivity contribution < 1.29 is 0 Å². The second kappa shape index (κ2) is 11.0. The summed E-state index contributed by atoms with van der Waals surface area (Å²) in [6.07, 6.45) is 0. The summed E-state index contributed by atoms with van der Waals surface area (Å²) in [4.78, 5) is 2.30. The molecule has 47 heavy (non-hydrogen) atoms. The zero-order valence-electron chi connectivity index (χ0n) is 26.1. The van der Waals surface area contributed by atoms with Crippen molar-refractivity contribution in [1.82, 2.24) is 4.57 Å². The Morgan fingerprint density at radius 1 is 0.362 bits per heavy atom. The van der Waals surface area contributed by atoms with Crippen LogP contribution in [0, 0.1) is 0 Å². The van der Waals surface area contributed by atoms with E-state index in [1.165, 1.54) is 65.6 Å². The van der Waals surface area contributed by atoms with E-state index in [-0.39, 0.29) is 0 Å². The molecular weight excluding hydrogens is 569 g/mol. The molecule has 0 aliphatic rings. The Balaban J connectivity index is 1.14. The molecule has 0 N–H and O–H groups in total. The summed E-state index contributed by atoms with van der Waals surface area (Å²) < 4.78 is 2.38. The molecule has 222 valence electrons. The highest BCUT2D eigenvalue weighted by molar-refractivity contribution is 6.33. The van der Waals surface area contributed by atoms with Crippen LogP contribution >= 0.6 is 0 Å². The minimum atomic E-state index is 1.13. The normalized spacial score (nSPS) is 11.5. The van der Waals surface area contributed by atoms with Crippen molar-refractivity contribution in [1.29, 1.82) is 0 Å². The Morgan fingerprint density at radius 2 is 0.830 bits per heavy atom. The number of hydrogen-bond donors (Lipinski definition) is 0. The second-order valence-electron chi connectivity index (χ2n) is 12.2. The number of rotatable bonds is 5. The van der Waals surface area contributed by atoms with Crippen LogP contribution in [0.5, 0.6) is 0 Å². The number of fused-ring (bicyclic) bond motifs is 8. The predicted octanol–water partition coefficient (Wildman–Crippen LogP) is 12.4. The Hall–Kier alpha value is -6.12. The number of aromatic nitrogens is 1. The third kappa shape index (κ3) is 4.41. The first-order chi connectivity index (χ1) is 23.3. The van der Waals surface area contributed by atoms with E-state index in [0.29, 0.717) is 0 Å². The Morgan fingerprint density at radius 3 is 1.45 bits per heavy atom. The largest absolute Gasteiger partial charge is 0.343 e. The maximum Gasteiger partial charge on any atom is 0.0575 e. The SMILES string of the molecule is Cn1c2cccc(-c3ccc(-c4ccc(N(c5ccccc5)c5ccccc5)cc4)cc3)c2c2c3ccccc3c3ccccc3c21. The van der Waals surface area contributed by atoms with Crippen LogP contribution in [0.15, 0.2) is 176 Å². The zero-order chi connectivity index (χ0) is 31.3. The molecule has 0 saturated carbocycles. The van der Waals surface area contributed by atoms with Gasteiger partial charge in [-0.3, -0.25) is 0 Å². The van der Waals surface area contributed by atoms with E-state index in [1.807, 2.05) is 0 Å². The molecule has 0 unspecified atom stereocenters. The van der Waals surface area contributed by atoms with Crippen LogP contribution in [0.25, 0.3) is 65.6 Å². The summed E-state index contributed by atoms with van der Waals surface area (Å²) in [7, 11) is 2.21. The molecule has 0 spiro atoms. The van der Waals surface area contributed by atoms with E-state index in [4.69, 9.17) is 0 Å². The molecule has 0 aliphatic heterocycles. The summed E-state index contributed by atoms with van der Waals surface area (Å²) in [5.74, 6) is 0. The summed E-state index contributed by atoms with van der Waals surface area (Å²) in [6.45, 7) is 0. The van der Waals surface area contributed by atoms with Crippen LogP contribution in [0.3, 0.4) is 0 Å². The van der Waals surface area contributed by atoms with E-state index in [9.17, 15) is 0 Å². The van der Waals surface area contributed by atoms with Gasteiger partial charge in [-0.05, 0) is 80.9 Å². The molecule has 0 fully saturated rings. The summed E-state index contributed by atoms with van der Waals surface area (Å²) >= 11 is 0. The molecule has 9 aromatic rings. The first-order valence-electron chi connectivity index (χ1n) is 16.2. The van der Waals surface area contributed by atoms with Gasteiger partial charge in [-0.25, -0.2) is 0 Å². The van der Waals surface area contributed by atoms with Crippen molar-refractivity contribution in [3.8, 4) is 22.3 Å². The highest BCUT2D eigenvalue weighted by Gasteiger charge is 2.19. The molecule has 1 heterocycles. The number of benzene rings is 8. The zero-order valence-corrected chi connectivity index (χ0v) is 26.1. The molecule has 2 nitrogen and oxygen atoms in total. The van der Waals surface area contributed by atoms with Gasteiger partial charge < -0.3 is 9.47 Å². The maximum atomic E-state index is 2.38. The molecule has 0 aliphatic carbocycles. The van der Waals surface area contributed by atoms with Gasteiger partial charge >= 0.3 is 0 Å². The van der Waals surface area contributed by atoms with E-state index < -0.39 is 0 Å². The topological polar surface area (TPSA) is 8.17 Å². The lowest BCUT2D eigenvalue weighted by Crippen LogP contribution is -2.09. The monoisotopic (exact) mass is 600 g/mol. The van der Waals surface area contributed by atoms with Crippen molar-refractivity contribution in [3.63, 3.8) is 0 Å². The number of anilines is 3. The molecule has 9 rings (SSSR count). The standard InChI is InChI=1S/C45H32N2/c1-46-42-22-12-21-37(43(42)44-40-19-10-8-17-38(40)39-18-9-11-20-41(39)45(44)46)33-25-23-31(24-26-33)32-27-29-36(30-28-32)47(34-13-4-2-5-14-34)35-15-6-3-7-16-35/h2-30H,1H3. The van der Waals surface area contributed by atoms with Crippen molar-refractivity contribution in [2.75, 3.05) is 4.90 Å². The maximum absolute atomic E-state index is 2.38.